The Hall–Kier alpha value is -3.01. The summed E-state index contributed by atoms with van der Waals surface area (Å²) in [5.41, 5.74) is 1.59. The molecule has 180 valence electrons. The van der Waals surface area contributed by atoms with Gasteiger partial charge in [0.2, 0.25) is 15.9 Å². The lowest BCUT2D eigenvalue weighted by Gasteiger charge is -2.22. The molecule has 1 amide bonds. The SMILES string of the molecule is COc1ccc(S(=O)(=O)N(CCc2ccccc2)CC(=O)Nc2cccc(SC)c2)cc1OC. The van der Waals surface area contributed by atoms with Crippen molar-refractivity contribution in [3.8, 4) is 11.5 Å². The summed E-state index contributed by atoms with van der Waals surface area (Å²) in [5, 5.41) is 2.81. The molecule has 0 saturated heterocycles. The van der Waals surface area contributed by atoms with Crippen molar-refractivity contribution < 1.29 is 22.7 Å². The molecule has 3 aromatic carbocycles. The van der Waals surface area contributed by atoms with E-state index in [4.69, 9.17) is 9.47 Å². The number of nitrogens with zero attached hydrogens (tertiary/aromatic N) is 1. The minimum Gasteiger partial charge on any atom is -0.493 e. The van der Waals surface area contributed by atoms with Gasteiger partial charge in [0, 0.05) is 23.2 Å². The zero-order valence-electron chi connectivity index (χ0n) is 19.4. The Morgan fingerprint density at radius 2 is 1.68 bits per heavy atom. The number of nitrogens with one attached hydrogen (secondary N) is 1. The number of amides is 1. The molecule has 0 radical (unpaired) electrons. The van der Waals surface area contributed by atoms with Crippen LogP contribution in [0.15, 0.2) is 82.6 Å². The Balaban J connectivity index is 1.86. The van der Waals surface area contributed by atoms with E-state index < -0.39 is 15.9 Å². The Bertz CT molecular complexity index is 1220. The number of methoxy groups -OCH3 is 2. The number of benzene rings is 3. The van der Waals surface area contributed by atoms with Crippen molar-refractivity contribution >= 4 is 33.4 Å². The second-order valence-corrected chi connectivity index (χ2v) is 10.2. The van der Waals surface area contributed by atoms with Crippen LogP contribution in [-0.2, 0) is 21.2 Å². The normalized spacial score (nSPS) is 11.3. The zero-order chi connectivity index (χ0) is 24.6. The van der Waals surface area contributed by atoms with E-state index in [9.17, 15) is 13.2 Å². The molecule has 3 rings (SSSR count). The fraction of sp³-hybridized carbons (Fsp3) is 0.240. The summed E-state index contributed by atoms with van der Waals surface area (Å²) in [5.74, 6) is 0.295. The molecule has 7 nitrogen and oxygen atoms in total. The van der Waals surface area contributed by atoms with E-state index >= 15 is 0 Å². The minimum atomic E-state index is -4.00. The smallest absolute Gasteiger partial charge is 0.243 e. The molecule has 3 aromatic rings. The highest BCUT2D eigenvalue weighted by atomic mass is 32.2. The van der Waals surface area contributed by atoms with Crippen molar-refractivity contribution in [1.29, 1.82) is 0 Å². The molecule has 0 saturated carbocycles. The summed E-state index contributed by atoms with van der Waals surface area (Å²) < 4.78 is 38.8. The average Bonchev–Trinajstić information content (AvgIpc) is 2.86. The predicted molar refractivity (Wildman–Crippen MR) is 135 cm³/mol. The summed E-state index contributed by atoms with van der Waals surface area (Å²) in [6, 6.07) is 21.3. The van der Waals surface area contributed by atoms with Gasteiger partial charge in [-0.15, -0.1) is 11.8 Å². The molecular weight excluding hydrogens is 472 g/mol. The number of rotatable bonds is 11. The van der Waals surface area contributed by atoms with Gasteiger partial charge in [0.25, 0.3) is 0 Å². The lowest BCUT2D eigenvalue weighted by atomic mass is 10.1. The molecule has 9 heteroatoms. The van der Waals surface area contributed by atoms with Gasteiger partial charge in [0.15, 0.2) is 11.5 Å². The van der Waals surface area contributed by atoms with Crippen LogP contribution in [0.25, 0.3) is 0 Å². The van der Waals surface area contributed by atoms with Gasteiger partial charge < -0.3 is 14.8 Å². The van der Waals surface area contributed by atoms with Gasteiger partial charge in [-0.1, -0.05) is 36.4 Å². The van der Waals surface area contributed by atoms with Crippen LogP contribution in [0.5, 0.6) is 11.5 Å². The number of thioether (sulfide) groups is 1. The van der Waals surface area contributed by atoms with Crippen LogP contribution >= 0.6 is 11.8 Å². The Morgan fingerprint density at radius 1 is 0.941 bits per heavy atom. The Labute approximate surface area is 205 Å². The van der Waals surface area contributed by atoms with Crippen LogP contribution in [0.1, 0.15) is 5.56 Å². The van der Waals surface area contributed by atoms with Crippen LogP contribution in [-0.4, -0.2) is 52.2 Å². The molecule has 0 spiro atoms. The predicted octanol–water partition coefficient (Wildman–Crippen LogP) is 4.30. The molecule has 0 bridgehead atoms. The molecule has 0 aliphatic carbocycles. The maximum atomic E-state index is 13.6. The maximum absolute atomic E-state index is 13.6. The second-order valence-electron chi connectivity index (χ2n) is 7.37. The van der Waals surface area contributed by atoms with E-state index in [2.05, 4.69) is 5.32 Å². The van der Waals surface area contributed by atoms with Gasteiger partial charge in [0.05, 0.1) is 25.7 Å². The number of hydrogen-bond acceptors (Lipinski definition) is 6. The van der Waals surface area contributed by atoms with Gasteiger partial charge in [-0.2, -0.15) is 4.31 Å². The zero-order valence-corrected chi connectivity index (χ0v) is 21.0. The van der Waals surface area contributed by atoms with Crippen molar-refractivity contribution in [2.24, 2.45) is 0 Å². The van der Waals surface area contributed by atoms with Gasteiger partial charge in [-0.25, -0.2) is 8.42 Å². The summed E-state index contributed by atoms with van der Waals surface area (Å²) in [6.07, 6.45) is 2.41. The van der Waals surface area contributed by atoms with Gasteiger partial charge in [-0.3, -0.25) is 4.79 Å². The van der Waals surface area contributed by atoms with Crippen molar-refractivity contribution in [2.75, 3.05) is 38.9 Å². The first kappa shape index (κ1) is 25.6. The first-order chi connectivity index (χ1) is 16.4. The average molecular weight is 501 g/mol. The van der Waals surface area contributed by atoms with Crippen LogP contribution in [0.4, 0.5) is 5.69 Å². The third-order valence-electron chi connectivity index (χ3n) is 5.16. The lowest BCUT2D eigenvalue weighted by Crippen LogP contribution is -2.39. The Morgan fingerprint density at radius 3 is 2.35 bits per heavy atom. The van der Waals surface area contributed by atoms with E-state index in [1.807, 2.05) is 54.8 Å². The van der Waals surface area contributed by atoms with Crippen molar-refractivity contribution in [3.05, 3.63) is 78.4 Å². The number of hydrogen-bond donors (Lipinski definition) is 1. The number of sulfonamides is 1. The van der Waals surface area contributed by atoms with E-state index in [1.165, 1.54) is 36.7 Å². The van der Waals surface area contributed by atoms with Crippen molar-refractivity contribution in [3.63, 3.8) is 0 Å². The number of carbonyl (C=O) groups is 1. The Kier molecular flexibility index (Phi) is 8.98. The third kappa shape index (κ3) is 6.53. The molecule has 0 fully saturated rings. The summed E-state index contributed by atoms with van der Waals surface area (Å²) in [4.78, 5) is 13.9. The van der Waals surface area contributed by atoms with E-state index in [0.717, 1.165) is 10.5 Å². The first-order valence-corrected chi connectivity index (χ1v) is 13.2. The largest absolute Gasteiger partial charge is 0.493 e. The van der Waals surface area contributed by atoms with E-state index in [0.29, 0.717) is 23.6 Å². The van der Waals surface area contributed by atoms with E-state index in [1.54, 1.807) is 17.8 Å². The number of ether oxygens (including phenoxy) is 2. The minimum absolute atomic E-state index is 0.0235. The second kappa shape index (κ2) is 11.9. The quantitative estimate of drug-likeness (QED) is 0.395. The summed E-state index contributed by atoms with van der Waals surface area (Å²) >= 11 is 1.56. The standard InChI is InChI=1S/C25H28N2O5S2/c1-31-23-13-12-22(17-24(23)32-2)34(29,30)27(15-14-19-8-5-4-6-9-19)18-25(28)26-20-10-7-11-21(16-20)33-3/h4-13,16-17H,14-15,18H2,1-3H3,(H,26,28). The van der Waals surface area contributed by atoms with Crippen LogP contribution < -0.4 is 14.8 Å². The molecule has 0 atom stereocenters. The highest BCUT2D eigenvalue weighted by Crippen LogP contribution is 2.30. The van der Waals surface area contributed by atoms with Crippen molar-refractivity contribution in [1.82, 2.24) is 4.31 Å². The van der Waals surface area contributed by atoms with Gasteiger partial charge in [-0.05, 0) is 48.6 Å². The summed E-state index contributed by atoms with van der Waals surface area (Å²) in [7, 11) is -1.07. The first-order valence-electron chi connectivity index (χ1n) is 10.6. The van der Waals surface area contributed by atoms with Crippen LogP contribution in [0, 0.1) is 0 Å². The fourth-order valence-corrected chi connectivity index (χ4v) is 5.24. The van der Waals surface area contributed by atoms with Crippen LogP contribution in [0.2, 0.25) is 0 Å². The van der Waals surface area contributed by atoms with Gasteiger partial charge in [0.1, 0.15) is 0 Å². The molecule has 0 heterocycles. The summed E-state index contributed by atoms with van der Waals surface area (Å²) in [6.45, 7) is -0.189. The van der Waals surface area contributed by atoms with E-state index in [-0.39, 0.29) is 18.0 Å². The molecular formula is C25H28N2O5S2. The topological polar surface area (TPSA) is 84.9 Å². The lowest BCUT2D eigenvalue weighted by molar-refractivity contribution is -0.116. The molecule has 0 aliphatic heterocycles. The highest BCUT2D eigenvalue weighted by Gasteiger charge is 2.28. The molecule has 0 unspecified atom stereocenters. The molecule has 1 N–H and O–H groups in total. The fourth-order valence-electron chi connectivity index (χ4n) is 3.37. The molecule has 0 aliphatic rings. The highest BCUT2D eigenvalue weighted by molar-refractivity contribution is 7.98. The van der Waals surface area contributed by atoms with Crippen molar-refractivity contribution in [2.45, 2.75) is 16.2 Å². The molecule has 34 heavy (non-hydrogen) atoms. The van der Waals surface area contributed by atoms with Gasteiger partial charge >= 0.3 is 0 Å². The van der Waals surface area contributed by atoms with Crippen LogP contribution in [0.3, 0.4) is 0 Å². The molecule has 0 aromatic heterocycles. The third-order valence-corrected chi connectivity index (χ3v) is 7.73. The number of carbonyl (C=O) groups excluding carboxylic acids is 1. The monoisotopic (exact) mass is 500 g/mol. The number of anilines is 1. The maximum Gasteiger partial charge on any atom is 0.243 e.